The molecule has 1 saturated heterocycles. The SMILES string of the molecule is CSCC1CCCN1C(C)C. The van der Waals surface area contributed by atoms with Crippen LogP contribution in [-0.4, -0.2) is 35.5 Å². The summed E-state index contributed by atoms with van der Waals surface area (Å²) in [6, 6.07) is 1.61. The Morgan fingerprint density at radius 2 is 2.27 bits per heavy atom. The van der Waals surface area contributed by atoms with Gasteiger partial charge in [-0.05, 0) is 39.5 Å². The molecule has 11 heavy (non-hydrogen) atoms. The van der Waals surface area contributed by atoms with E-state index < -0.39 is 0 Å². The summed E-state index contributed by atoms with van der Waals surface area (Å²) in [5.74, 6) is 1.32. The number of likely N-dealkylation sites (tertiary alicyclic amines) is 1. The van der Waals surface area contributed by atoms with E-state index in [0.717, 1.165) is 12.1 Å². The van der Waals surface area contributed by atoms with E-state index >= 15 is 0 Å². The summed E-state index contributed by atoms with van der Waals surface area (Å²) in [6.07, 6.45) is 5.03. The molecule has 0 N–H and O–H groups in total. The van der Waals surface area contributed by atoms with Gasteiger partial charge in [0, 0.05) is 17.8 Å². The Balaban J connectivity index is 2.37. The van der Waals surface area contributed by atoms with Gasteiger partial charge < -0.3 is 0 Å². The van der Waals surface area contributed by atoms with Crippen molar-refractivity contribution < 1.29 is 0 Å². The number of thioether (sulfide) groups is 1. The Bertz CT molecular complexity index is 114. The van der Waals surface area contributed by atoms with E-state index in [1.54, 1.807) is 0 Å². The van der Waals surface area contributed by atoms with E-state index in [9.17, 15) is 0 Å². The summed E-state index contributed by atoms with van der Waals surface area (Å²) in [7, 11) is 0. The highest BCUT2D eigenvalue weighted by molar-refractivity contribution is 7.98. The van der Waals surface area contributed by atoms with Crippen LogP contribution in [0.2, 0.25) is 0 Å². The number of nitrogens with zero attached hydrogens (tertiary/aromatic N) is 1. The third kappa shape index (κ3) is 2.38. The molecule has 66 valence electrons. The summed E-state index contributed by atoms with van der Waals surface area (Å²) < 4.78 is 0. The van der Waals surface area contributed by atoms with Gasteiger partial charge in [0.1, 0.15) is 0 Å². The van der Waals surface area contributed by atoms with Crippen LogP contribution in [0.4, 0.5) is 0 Å². The molecule has 1 rings (SSSR count). The van der Waals surface area contributed by atoms with E-state index in [4.69, 9.17) is 0 Å². The van der Waals surface area contributed by atoms with Crippen LogP contribution >= 0.6 is 11.8 Å². The fourth-order valence-corrected chi connectivity index (χ4v) is 2.65. The van der Waals surface area contributed by atoms with Gasteiger partial charge in [-0.3, -0.25) is 4.90 Å². The maximum absolute atomic E-state index is 2.64. The standard InChI is InChI=1S/C9H19NS/c1-8(2)10-6-4-5-9(10)7-11-3/h8-9H,4-7H2,1-3H3. The molecule has 2 heteroatoms. The highest BCUT2D eigenvalue weighted by Gasteiger charge is 2.25. The number of hydrogen-bond acceptors (Lipinski definition) is 2. The molecular weight excluding hydrogens is 154 g/mol. The molecule has 1 nitrogen and oxygen atoms in total. The third-order valence-electron chi connectivity index (χ3n) is 2.45. The average Bonchev–Trinajstić information content (AvgIpc) is 2.36. The van der Waals surface area contributed by atoms with Gasteiger partial charge in [0.15, 0.2) is 0 Å². The van der Waals surface area contributed by atoms with Crippen molar-refractivity contribution in [2.75, 3.05) is 18.6 Å². The van der Waals surface area contributed by atoms with Crippen LogP contribution in [0.25, 0.3) is 0 Å². The molecule has 1 fully saturated rings. The van der Waals surface area contributed by atoms with Crippen LogP contribution in [0.3, 0.4) is 0 Å². The normalized spacial score (nSPS) is 26.7. The quantitative estimate of drug-likeness (QED) is 0.644. The van der Waals surface area contributed by atoms with Crippen molar-refractivity contribution in [1.29, 1.82) is 0 Å². The van der Waals surface area contributed by atoms with E-state index in [2.05, 4.69) is 25.0 Å². The molecule has 0 aliphatic carbocycles. The lowest BCUT2D eigenvalue weighted by Crippen LogP contribution is -2.36. The second kappa shape index (κ2) is 4.36. The maximum atomic E-state index is 2.64. The monoisotopic (exact) mass is 173 g/mol. The topological polar surface area (TPSA) is 3.24 Å². The summed E-state index contributed by atoms with van der Waals surface area (Å²) in [5.41, 5.74) is 0. The zero-order valence-corrected chi connectivity index (χ0v) is 8.66. The summed E-state index contributed by atoms with van der Waals surface area (Å²) >= 11 is 1.98. The minimum atomic E-state index is 0.745. The van der Waals surface area contributed by atoms with Crippen molar-refractivity contribution in [1.82, 2.24) is 4.90 Å². The van der Waals surface area contributed by atoms with Gasteiger partial charge in [0.25, 0.3) is 0 Å². The number of hydrogen-bond donors (Lipinski definition) is 0. The molecule has 1 heterocycles. The van der Waals surface area contributed by atoms with Crippen LogP contribution in [0.1, 0.15) is 26.7 Å². The van der Waals surface area contributed by atoms with Crippen LogP contribution in [-0.2, 0) is 0 Å². The van der Waals surface area contributed by atoms with Gasteiger partial charge in [-0.25, -0.2) is 0 Å². The van der Waals surface area contributed by atoms with Crippen LogP contribution in [0.15, 0.2) is 0 Å². The predicted molar refractivity (Wildman–Crippen MR) is 53.2 cm³/mol. The fraction of sp³-hybridized carbons (Fsp3) is 1.00. The zero-order chi connectivity index (χ0) is 8.27. The molecule has 0 amide bonds. The van der Waals surface area contributed by atoms with E-state index in [1.165, 1.54) is 25.1 Å². The predicted octanol–water partition coefficient (Wildman–Crippen LogP) is 2.22. The average molecular weight is 173 g/mol. The van der Waals surface area contributed by atoms with E-state index in [0.29, 0.717) is 0 Å². The second-order valence-electron chi connectivity index (χ2n) is 3.58. The minimum absolute atomic E-state index is 0.745. The maximum Gasteiger partial charge on any atom is 0.0189 e. The highest BCUT2D eigenvalue weighted by atomic mass is 32.2. The molecule has 0 saturated carbocycles. The first-order chi connectivity index (χ1) is 5.25. The smallest absolute Gasteiger partial charge is 0.0189 e. The molecule has 1 unspecified atom stereocenters. The molecule has 0 radical (unpaired) electrons. The molecule has 1 aliphatic rings. The van der Waals surface area contributed by atoms with Crippen molar-refractivity contribution >= 4 is 11.8 Å². The Labute approximate surface area is 74.5 Å². The van der Waals surface area contributed by atoms with Crippen molar-refractivity contribution in [3.63, 3.8) is 0 Å². The third-order valence-corrected chi connectivity index (χ3v) is 3.16. The highest BCUT2D eigenvalue weighted by Crippen LogP contribution is 2.22. The first-order valence-electron chi connectivity index (χ1n) is 4.50. The largest absolute Gasteiger partial charge is 0.297 e. The number of rotatable bonds is 3. The lowest BCUT2D eigenvalue weighted by molar-refractivity contribution is 0.219. The lowest BCUT2D eigenvalue weighted by Gasteiger charge is -2.27. The Hall–Kier alpha value is 0.310. The zero-order valence-electron chi connectivity index (χ0n) is 7.84. The van der Waals surface area contributed by atoms with Crippen molar-refractivity contribution in [2.24, 2.45) is 0 Å². The van der Waals surface area contributed by atoms with Gasteiger partial charge in [-0.2, -0.15) is 11.8 Å². The molecule has 0 aromatic rings. The Morgan fingerprint density at radius 3 is 2.82 bits per heavy atom. The van der Waals surface area contributed by atoms with Gasteiger partial charge in [-0.15, -0.1) is 0 Å². The molecule has 0 aromatic carbocycles. The fourth-order valence-electron chi connectivity index (χ4n) is 1.91. The Morgan fingerprint density at radius 1 is 1.55 bits per heavy atom. The molecule has 0 spiro atoms. The van der Waals surface area contributed by atoms with Gasteiger partial charge in [0.05, 0.1) is 0 Å². The van der Waals surface area contributed by atoms with Gasteiger partial charge >= 0.3 is 0 Å². The van der Waals surface area contributed by atoms with Gasteiger partial charge in [0.2, 0.25) is 0 Å². The molecule has 0 bridgehead atoms. The van der Waals surface area contributed by atoms with Crippen LogP contribution < -0.4 is 0 Å². The van der Waals surface area contributed by atoms with E-state index in [1.807, 2.05) is 11.8 Å². The van der Waals surface area contributed by atoms with Crippen LogP contribution in [0.5, 0.6) is 0 Å². The van der Waals surface area contributed by atoms with Crippen molar-refractivity contribution in [2.45, 2.75) is 38.8 Å². The van der Waals surface area contributed by atoms with Crippen molar-refractivity contribution in [3.8, 4) is 0 Å². The molecule has 0 aromatic heterocycles. The molecule has 1 atom stereocenters. The first kappa shape index (κ1) is 9.40. The van der Waals surface area contributed by atoms with Gasteiger partial charge in [-0.1, -0.05) is 0 Å². The second-order valence-corrected chi connectivity index (χ2v) is 4.49. The lowest BCUT2D eigenvalue weighted by atomic mass is 10.2. The molecule has 1 aliphatic heterocycles. The summed E-state index contributed by atoms with van der Waals surface area (Å²) in [5, 5.41) is 0. The first-order valence-corrected chi connectivity index (χ1v) is 5.89. The summed E-state index contributed by atoms with van der Waals surface area (Å²) in [6.45, 7) is 5.93. The minimum Gasteiger partial charge on any atom is -0.297 e. The Kier molecular flexibility index (Phi) is 3.73. The van der Waals surface area contributed by atoms with Crippen LogP contribution in [0, 0.1) is 0 Å². The van der Waals surface area contributed by atoms with Crippen molar-refractivity contribution in [3.05, 3.63) is 0 Å². The molecular formula is C9H19NS. The van der Waals surface area contributed by atoms with E-state index in [-0.39, 0.29) is 0 Å². The summed E-state index contributed by atoms with van der Waals surface area (Å²) in [4.78, 5) is 2.64.